The van der Waals surface area contributed by atoms with Gasteiger partial charge in [0.2, 0.25) is 5.91 Å². The van der Waals surface area contributed by atoms with Crippen LogP contribution < -0.4 is 5.32 Å². The second kappa shape index (κ2) is 6.90. The van der Waals surface area contributed by atoms with Crippen molar-refractivity contribution in [2.24, 2.45) is 17.3 Å². The average molecular weight is 328 g/mol. The fourth-order valence-corrected chi connectivity index (χ4v) is 5.34. The molecule has 2 nitrogen and oxygen atoms in total. The van der Waals surface area contributed by atoms with Gasteiger partial charge in [-0.25, -0.2) is 0 Å². The van der Waals surface area contributed by atoms with Crippen LogP contribution in [0.5, 0.6) is 0 Å². The summed E-state index contributed by atoms with van der Waals surface area (Å²) < 4.78 is 0. The lowest BCUT2D eigenvalue weighted by atomic mass is 9.57. The van der Waals surface area contributed by atoms with Gasteiger partial charge in [-0.15, -0.1) is 0 Å². The van der Waals surface area contributed by atoms with Gasteiger partial charge in [0.05, 0.1) is 6.04 Å². The van der Waals surface area contributed by atoms with Gasteiger partial charge in [-0.05, 0) is 56.6 Å². The first kappa shape index (κ1) is 17.5. The third-order valence-corrected chi connectivity index (χ3v) is 6.76. The largest absolute Gasteiger partial charge is 0.349 e. The predicted molar refractivity (Wildman–Crippen MR) is 99.9 cm³/mol. The fourth-order valence-electron chi connectivity index (χ4n) is 5.34. The summed E-state index contributed by atoms with van der Waals surface area (Å²) in [6, 6.07) is 6.60. The van der Waals surface area contributed by atoms with Gasteiger partial charge in [0.15, 0.2) is 0 Å². The van der Waals surface area contributed by atoms with E-state index in [9.17, 15) is 4.79 Å². The minimum Gasteiger partial charge on any atom is -0.349 e. The molecule has 1 aromatic rings. The molecule has 2 fully saturated rings. The quantitative estimate of drug-likeness (QED) is 0.783. The number of hydrogen-bond acceptors (Lipinski definition) is 1. The third-order valence-electron chi connectivity index (χ3n) is 6.76. The van der Waals surface area contributed by atoms with Crippen LogP contribution in [-0.2, 0) is 4.79 Å². The van der Waals surface area contributed by atoms with Crippen molar-refractivity contribution in [3.8, 4) is 0 Å². The Bertz CT molecular complexity index is 606. The first-order valence-corrected chi connectivity index (χ1v) is 9.80. The molecule has 4 atom stereocenters. The maximum atomic E-state index is 13.2. The van der Waals surface area contributed by atoms with Crippen LogP contribution >= 0.6 is 0 Å². The molecule has 2 heteroatoms. The van der Waals surface area contributed by atoms with Crippen LogP contribution in [0.3, 0.4) is 0 Å². The number of nitrogens with one attached hydrogen (secondary N) is 1. The lowest BCUT2D eigenvalue weighted by Crippen LogP contribution is -2.49. The second-order valence-electron chi connectivity index (χ2n) is 8.52. The molecular formula is C22H33NO. The molecule has 1 N–H and O–H groups in total. The number of hydrogen-bond donors (Lipinski definition) is 1. The highest BCUT2D eigenvalue weighted by molar-refractivity contribution is 5.83. The molecule has 132 valence electrons. The van der Waals surface area contributed by atoms with Gasteiger partial charge in [0.1, 0.15) is 0 Å². The lowest BCUT2D eigenvalue weighted by molar-refractivity contribution is -0.139. The van der Waals surface area contributed by atoms with Gasteiger partial charge < -0.3 is 5.32 Å². The molecule has 4 unspecified atom stereocenters. The van der Waals surface area contributed by atoms with E-state index in [1.165, 1.54) is 55.2 Å². The van der Waals surface area contributed by atoms with Gasteiger partial charge in [-0.3, -0.25) is 4.79 Å². The normalized spacial score (nSPS) is 31.2. The standard InChI is InChI=1S/C22H33NO/c1-15-11-12-19(16(2)14-15)17(3)23-21(24)22(4)13-7-9-18-8-5-6-10-20(18)22/h11-12,14,17-18,20H,5-10,13H2,1-4H3,(H,23,24). The van der Waals surface area contributed by atoms with Gasteiger partial charge in [-0.1, -0.05) is 62.8 Å². The van der Waals surface area contributed by atoms with Crippen molar-refractivity contribution in [2.45, 2.75) is 78.7 Å². The average Bonchev–Trinajstić information content (AvgIpc) is 2.55. The molecule has 24 heavy (non-hydrogen) atoms. The second-order valence-corrected chi connectivity index (χ2v) is 8.52. The van der Waals surface area contributed by atoms with Gasteiger partial charge >= 0.3 is 0 Å². The molecule has 0 heterocycles. The Labute approximate surface area is 147 Å². The molecule has 0 saturated heterocycles. The van der Waals surface area contributed by atoms with E-state index in [0.29, 0.717) is 5.92 Å². The Morgan fingerprint density at radius 2 is 1.88 bits per heavy atom. The number of carbonyl (C=O) groups excluding carboxylic acids is 1. The van der Waals surface area contributed by atoms with E-state index < -0.39 is 0 Å². The van der Waals surface area contributed by atoms with Crippen LogP contribution in [0.4, 0.5) is 0 Å². The molecule has 0 bridgehead atoms. The topological polar surface area (TPSA) is 29.1 Å². The number of benzene rings is 1. The van der Waals surface area contributed by atoms with E-state index in [1.54, 1.807) is 0 Å². The number of carbonyl (C=O) groups is 1. The molecule has 3 rings (SSSR count). The third kappa shape index (κ3) is 3.25. The molecule has 2 saturated carbocycles. The summed E-state index contributed by atoms with van der Waals surface area (Å²) >= 11 is 0. The van der Waals surface area contributed by atoms with Crippen molar-refractivity contribution in [3.05, 3.63) is 34.9 Å². The summed E-state index contributed by atoms with van der Waals surface area (Å²) in [5.41, 5.74) is 3.62. The SMILES string of the molecule is Cc1ccc(C(C)NC(=O)C2(C)CCCC3CCCCC32)c(C)c1. The minimum atomic E-state index is -0.170. The molecular weight excluding hydrogens is 294 g/mol. The molecule has 0 aromatic heterocycles. The first-order valence-electron chi connectivity index (χ1n) is 9.80. The van der Waals surface area contributed by atoms with Crippen molar-refractivity contribution in [3.63, 3.8) is 0 Å². The number of amides is 1. The monoisotopic (exact) mass is 327 g/mol. The van der Waals surface area contributed by atoms with E-state index in [4.69, 9.17) is 0 Å². The first-order chi connectivity index (χ1) is 11.4. The molecule has 0 spiro atoms. The van der Waals surface area contributed by atoms with Crippen LogP contribution in [0.15, 0.2) is 18.2 Å². The highest BCUT2D eigenvalue weighted by atomic mass is 16.2. The fraction of sp³-hybridized carbons (Fsp3) is 0.682. The Morgan fingerprint density at radius 1 is 1.17 bits per heavy atom. The van der Waals surface area contributed by atoms with Gasteiger partial charge in [0, 0.05) is 5.41 Å². The maximum Gasteiger partial charge on any atom is 0.226 e. The van der Waals surface area contributed by atoms with Crippen molar-refractivity contribution in [1.82, 2.24) is 5.32 Å². The number of aryl methyl sites for hydroxylation is 2. The van der Waals surface area contributed by atoms with E-state index in [2.05, 4.69) is 51.2 Å². The summed E-state index contributed by atoms with van der Waals surface area (Å²) in [5.74, 6) is 1.65. The molecule has 1 aromatic carbocycles. The molecule has 0 radical (unpaired) electrons. The van der Waals surface area contributed by atoms with Crippen LogP contribution in [-0.4, -0.2) is 5.91 Å². The Hall–Kier alpha value is -1.31. The van der Waals surface area contributed by atoms with Crippen molar-refractivity contribution >= 4 is 5.91 Å². The Balaban J connectivity index is 1.75. The molecule has 2 aliphatic rings. The highest BCUT2D eigenvalue weighted by Crippen LogP contribution is 2.51. The van der Waals surface area contributed by atoms with Crippen LogP contribution in [0, 0.1) is 31.1 Å². The number of rotatable bonds is 3. The maximum absolute atomic E-state index is 13.2. The molecule has 1 amide bonds. The summed E-state index contributed by atoms with van der Waals surface area (Å²) in [6.45, 7) is 8.62. The van der Waals surface area contributed by atoms with E-state index in [0.717, 1.165) is 12.3 Å². The van der Waals surface area contributed by atoms with Crippen molar-refractivity contribution in [2.75, 3.05) is 0 Å². The summed E-state index contributed by atoms with van der Waals surface area (Å²) in [4.78, 5) is 13.2. The smallest absolute Gasteiger partial charge is 0.226 e. The van der Waals surface area contributed by atoms with Crippen LogP contribution in [0.2, 0.25) is 0 Å². The van der Waals surface area contributed by atoms with Crippen LogP contribution in [0.25, 0.3) is 0 Å². The van der Waals surface area contributed by atoms with E-state index in [-0.39, 0.29) is 17.4 Å². The zero-order valence-corrected chi connectivity index (χ0v) is 15.8. The zero-order chi connectivity index (χ0) is 17.3. The van der Waals surface area contributed by atoms with Crippen LogP contribution in [0.1, 0.15) is 81.5 Å². The molecule has 0 aliphatic heterocycles. The zero-order valence-electron chi connectivity index (χ0n) is 15.8. The summed E-state index contributed by atoms with van der Waals surface area (Å²) in [5, 5.41) is 3.36. The molecule has 2 aliphatic carbocycles. The Kier molecular flexibility index (Phi) is 5.03. The van der Waals surface area contributed by atoms with Gasteiger partial charge in [0.25, 0.3) is 0 Å². The predicted octanol–water partition coefficient (Wildman–Crippen LogP) is 5.48. The van der Waals surface area contributed by atoms with Gasteiger partial charge in [-0.2, -0.15) is 0 Å². The van der Waals surface area contributed by atoms with Crippen molar-refractivity contribution < 1.29 is 4.79 Å². The lowest BCUT2D eigenvalue weighted by Gasteiger charge is -2.47. The summed E-state index contributed by atoms with van der Waals surface area (Å²) in [6.07, 6.45) is 8.84. The van der Waals surface area contributed by atoms with E-state index in [1.807, 2.05) is 0 Å². The number of fused-ring (bicyclic) bond motifs is 1. The summed E-state index contributed by atoms with van der Waals surface area (Å²) in [7, 11) is 0. The highest BCUT2D eigenvalue weighted by Gasteiger charge is 2.47. The Morgan fingerprint density at radius 3 is 2.62 bits per heavy atom. The van der Waals surface area contributed by atoms with Crippen molar-refractivity contribution in [1.29, 1.82) is 0 Å². The van der Waals surface area contributed by atoms with E-state index >= 15 is 0 Å². The minimum absolute atomic E-state index is 0.0823.